The van der Waals surface area contributed by atoms with Crippen molar-refractivity contribution in [3.05, 3.63) is 52.0 Å². The van der Waals surface area contributed by atoms with Crippen LogP contribution in [0, 0.1) is 12.8 Å². The minimum atomic E-state index is 0.198. The summed E-state index contributed by atoms with van der Waals surface area (Å²) in [6.07, 6.45) is 7.05. The molecule has 3 rings (SSSR count). The molecule has 0 unspecified atom stereocenters. The molecule has 2 aromatic rings. The topological polar surface area (TPSA) is 33.2 Å². The average molecular weight is 300 g/mol. The summed E-state index contributed by atoms with van der Waals surface area (Å²) in [5.41, 5.74) is 2.44. The number of carbonyl (C=O) groups is 1. The number of nitrogens with zero attached hydrogens (tertiary/aromatic N) is 2. The number of pyridine rings is 1. The van der Waals surface area contributed by atoms with Gasteiger partial charge >= 0.3 is 0 Å². The number of aryl methyl sites for hydroxylation is 1. The van der Waals surface area contributed by atoms with Gasteiger partial charge in [-0.15, -0.1) is 11.3 Å². The molecule has 1 amide bonds. The standard InChI is InChI=1S/C17H20N2OS/c1-13-8-16(21-12-13)17(20)19-7-3-5-15(11-19)9-14-4-2-6-18-10-14/h2,4,6,8,10,12,15H,3,5,7,9,11H2,1H3/t15-/m0/s1. The van der Waals surface area contributed by atoms with E-state index in [4.69, 9.17) is 0 Å². The van der Waals surface area contributed by atoms with E-state index in [1.165, 1.54) is 17.5 Å². The van der Waals surface area contributed by atoms with Crippen molar-refractivity contribution in [2.24, 2.45) is 5.92 Å². The van der Waals surface area contributed by atoms with Gasteiger partial charge in [0.1, 0.15) is 0 Å². The smallest absolute Gasteiger partial charge is 0.263 e. The van der Waals surface area contributed by atoms with E-state index in [0.717, 1.165) is 30.8 Å². The zero-order valence-corrected chi connectivity index (χ0v) is 13.1. The van der Waals surface area contributed by atoms with E-state index in [1.54, 1.807) is 17.5 Å². The first-order valence-corrected chi connectivity index (χ1v) is 8.33. The second-order valence-electron chi connectivity index (χ2n) is 5.81. The fourth-order valence-electron chi connectivity index (χ4n) is 2.97. The molecular formula is C17H20N2OS. The highest BCUT2D eigenvalue weighted by molar-refractivity contribution is 7.12. The van der Waals surface area contributed by atoms with Crippen LogP contribution in [-0.4, -0.2) is 28.9 Å². The maximum absolute atomic E-state index is 12.5. The normalized spacial score (nSPS) is 18.7. The Morgan fingerprint density at radius 2 is 2.43 bits per heavy atom. The van der Waals surface area contributed by atoms with Gasteiger partial charge in [0.2, 0.25) is 0 Å². The van der Waals surface area contributed by atoms with Crippen LogP contribution in [-0.2, 0) is 6.42 Å². The van der Waals surface area contributed by atoms with Crippen LogP contribution in [0.3, 0.4) is 0 Å². The van der Waals surface area contributed by atoms with Gasteiger partial charge in [-0.2, -0.15) is 0 Å². The number of aromatic nitrogens is 1. The van der Waals surface area contributed by atoms with Gasteiger partial charge in [0.05, 0.1) is 4.88 Å². The highest BCUT2D eigenvalue weighted by atomic mass is 32.1. The predicted octanol–water partition coefficient (Wildman–Crippen LogP) is 3.55. The molecule has 2 aromatic heterocycles. The number of thiophene rings is 1. The van der Waals surface area contributed by atoms with Crippen LogP contribution in [0.1, 0.15) is 33.6 Å². The molecule has 1 fully saturated rings. The minimum Gasteiger partial charge on any atom is -0.338 e. The lowest BCUT2D eigenvalue weighted by atomic mass is 9.92. The lowest BCUT2D eigenvalue weighted by Crippen LogP contribution is -2.40. The summed E-state index contributed by atoms with van der Waals surface area (Å²) in [6, 6.07) is 6.10. The summed E-state index contributed by atoms with van der Waals surface area (Å²) < 4.78 is 0. The summed E-state index contributed by atoms with van der Waals surface area (Å²) in [5, 5.41) is 2.05. The minimum absolute atomic E-state index is 0.198. The van der Waals surface area contributed by atoms with Crippen molar-refractivity contribution in [2.75, 3.05) is 13.1 Å². The molecule has 0 radical (unpaired) electrons. The van der Waals surface area contributed by atoms with E-state index in [1.807, 2.05) is 35.5 Å². The summed E-state index contributed by atoms with van der Waals surface area (Å²) in [7, 11) is 0. The van der Waals surface area contributed by atoms with Crippen LogP contribution in [0.2, 0.25) is 0 Å². The van der Waals surface area contributed by atoms with Gasteiger partial charge in [-0.25, -0.2) is 0 Å². The SMILES string of the molecule is Cc1csc(C(=O)N2CCC[C@@H](Cc3cccnc3)C2)c1. The summed E-state index contributed by atoms with van der Waals surface area (Å²) in [6.45, 7) is 3.79. The van der Waals surface area contributed by atoms with E-state index >= 15 is 0 Å². The second kappa shape index (κ2) is 6.39. The number of hydrogen-bond donors (Lipinski definition) is 0. The molecule has 1 aliphatic rings. The van der Waals surface area contributed by atoms with E-state index in [2.05, 4.69) is 11.1 Å². The number of likely N-dealkylation sites (tertiary alicyclic amines) is 1. The Bertz CT molecular complexity index is 608. The van der Waals surface area contributed by atoms with Crippen molar-refractivity contribution in [3.8, 4) is 0 Å². The highest BCUT2D eigenvalue weighted by Crippen LogP contribution is 2.24. The second-order valence-corrected chi connectivity index (χ2v) is 6.72. The molecule has 3 heterocycles. The highest BCUT2D eigenvalue weighted by Gasteiger charge is 2.25. The van der Waals surface area contributed by atoms with E-state index in [0.29, 0.717) is 5.92 Å². The molecule has 110 valence electrons. The molecule has 1 aliphatic heterocycles. The van der Waals surface area contributed by atoms with Crippen LogP contribution in [0.4, 0.5) is 0 Å². The monoisotopic (exact) mass is 300 g/mol. The lowest BCUT2D eigenvalue weighted by Gasteiger charge is -2.32. The molecule has 21 heavy (non-hydrogen) atoms. The quantitative estimate of drug-likeness (QED) is 0.868. The number of carbonyl (C=O) groups excluding carboxylic acids is 1. The number of hydrogen-bond acceptors (Lipinski definition) is 3. The molecule has 0 saturated carbocycles. The zero-order valence-electron chi connectivity index (χ0n) is 12.3. The molecular weight excluding hydrogens is 280 g/mol. The summed E-state index contributed by atoms with van der Waals surface area (Å²) >= 11 is 1.56. The molecule has 1 saturated heterocycles. The van der Waals surface area contributed by atoms with Gasteiger partial charge in [-0.05, 0) is 60.7 Å². The maximum atomic E-state index is 12.5. The number of amides is 1. The molecule has 3 nitrogen and oxygen atoms in total. The van der Waals surface area contributed by atoms with E-state index in [9.17, 15) is 4.79 Å². The fourth-order valence-corrected chi connectivity index (χ4v) is 3.83. The molecule has 0 aromatic carbocycles. The molecule has 0 bridgehead atoms. The van der Waals surface area contributed by atoms with E-state index in [-0.39, 0.29) is 5.91 Å². The van der Waals surface area contributed by atoms with Gasteiger partial charge in [-0.3, -0.25) is 9.78 Å². The lowest BCUT2D eigenvalue weighted by molar-refractivity contribution is 0.0678. The van der Waals surface area contributed by atoms with Crippen LogP contribution in [0.5, 0.6) is 0 Å². The van der Waals surface area contributed by atoms with Crippen LogP contribution in [0.15, 0.2) is 36.0 Å². The Labute approximate surface area is 129 Å². The van der Waals surface area contributed by atoms with Crippen molar-refractivity contribution in [3.63, 3.8) is 0 Å². The molecule has 0 spiro atoms. The Morgan fingerprint density at radius 3 is 3.14 bits per heavy atom. The zero-order chi connectivity index (χ0) is 14.7. The Morgan fingerprint density at radius 1 is 1.52 bits per heavy atom. The van der Waals surface area contributed by atoms with Crippen LogP contribution in [0.25, 0.3) is 0 Å². The van der Waals surface area contributed by atoms with Gasteiger partial charge in [0.25, 0.3) is 5.91 Å². The Balaban J connectivity index is 1.64. The van der Waals surface area contributed by atoms with E-state index < -0.39 is 0 Å². The van der Waals surface area contributed by atoms with Crippen molar-refractivity contribution in [2.45, 2.75) is 26.2 Å². The Hall–Kier alpha value is -1.68. The van der Waals surface area contributed by atoms with Gasteiger partial charge in [0.15, 0.2) is 0 Å². The van der Waals surface area contributed by atoms with Gasteiger partial charge < -0.3 is 4.90 Å². The summed E-state index contributed by atoms with van der Waals surface area (Å²) in [4.78, 5) is 19.6. The summed E-state index contributed by atoms with van der Waals surface area (Å²) in [5.74, 6) is 0.747. The largest absolute Gasteiger partial charge is 0.338 e. The van der Waals surface area contributed by atoms with Crippen LogP contribution >= 0.6 is 11.3 Å². The third-order valence-corrected chi connectivity index (χ3v) is 5.03. The van der Waals surface area contributed by atoms with Crippen LogP contribution < -0.4 is 0 Å². The van der Waals surface area contributed by atoms with Crippen molar-refractivity contribution in [1.82, 2.24) is 9.88 Å². The van der Waals surface area contributed by atoms with Crippen molar-refractivity contribution in [1.29, 1.82) is 0 Å². The van der Waals surface area contributed by atoms with Gasteiger partial charge in [0, 0.05) is 25.5 Å². The first kappa shape index (κ1) is 14.3. The maximum Gasteiger partial charge on any atom is 0.263 e. The third kappa shape index (κ3) is 3.50. The first-order chi connectivity index (χ1) is 10.2. The van der Waals surface area contributed by atoms with Crippen molar-refractivity contribution >= 4 is 17.2 Å². The predicted molar refractivity (Wildman–Crippen MR) is 85.6 cm³/mol. The molecule has 4 heteroatoms. The fraction of sp³-hybridized carbons (Fsp3) is 0.412. The first-order valence-electron chi connectivity index (χ1n) is 7.45. The number of piperidine rings is 1. The number of rotatable bonds is 3. The van der Waals surface area contributed by atoms with Crippen molar-refractivity contribution < 1.29 is 4.79 Å². The molecule has 1 atom stereocenters. The molecule has 0 aliphatic carbocycles. The van der Waals surface area contributed by atoms with Gasteiger partial charge in [-0.1, -0.05) is 6.07 Å². The average Bonchev–Trinajstić information content (AvgIpc) is 2.94. The molecule has 0 N–H and O–H groups in total. The Kier molecular flexibility index (Phi) is 4.34. The third-order valence-electron chi connectivity index (χ3n) is 3.99.